The van der Waals surface area contributed by atoms with Crippen molar-refractivity contribution in [3.63, 3.8) is 0 Å². The van der Waals surface area contributed by atoms with Gasteiger partial charge in [-0.15, -0.1) is 0 Å². The van der Waals surface area contributed by atoms with E-state index in [0.717, 1.165) is 11.4 Å². The van der Waals surface area contributed by atoms with Gasteiger partial charge in [-0.1, -0.05) is 26.8 Å². The summed E-state index contributed by atoms with van der Waals surface area (Å²) in [6.07, 6.45) is 1.64. The van der Waals surface area contributed by atoms with E-state index in [4.69, 9.17) is 4.74 Å². The third-order valence-electron chi connectivity index (χ3n) is 4.92. The lowest BCUT2D eigenvalue weighted by atomic mass is 9.92. The average Bonchev–Trinajstić information content (AvgIpc) is 3.29. The van der Waals surface area contributed by atoms with E-state index in [-0.39, 0.29) is 5.41 Å². The molecule has 0 fully saturated rings. The van der Waals surface area contributed by atoms with Crippen LogP contribution in [0.1, 0.15) is 37.9 Å². The van der Waals surface area contributed by atoms with Gasteiger partial charge in [-0.25, -0.2) is 4.98 Å². The van der Waals surface area contributed by atoms with Crippen molar-refractivity contribution in [2.45, 2.75) is 46.6 Å². The summed E-state index contributed by atoms with van der Waals surface area (Å²) in [5, 5.41) is 14.3. The molecule has 0 aliphatic carbocycles. The second kappa shape index (κ2) is 9.31. The normalized spacial score (nSPS) is 11.4. The monoisotopic (exact) mass is 439 g/mol. The van der Waals surface area contributed by atoms with Crippen LogP contribution in [0.5, 0.6) is 0 Å². The molecule has 2 N–H and O–H groups in total. The van der Waals surface area contributed by atoms with Crippen molar-refractivity contribution in [3.05, 3.63) is 47.5 Å². The first-order valence-corrected chi connectivity index (χ1v) is 10.3. The predicted octanol–water partition coefficient (Wildman–Crippen LogP) is 2.60. The molecule has 2 amide bonds. The van der Waals surface area contributed by atoms with E-state index in [0.29, 0.717) is 36.2 Å². The molecule has 170 valence electrons. The van der Waals surface area contributed by atoms with E-state index in [1.54, 1.807) is 43.1 Å². The number of aryl methyl sites for hydroxylation is 1. The summed E-state index contributed by atoms with van der Waals surface area (Å²) in [6, 6.07) is 7.14. The van der Waals surface area contributed by atoms with Crippen LogP contribution in [0.2, 0.25) is 0 Å². The molecule has 3 heterocycles. The SMILES string of the molecule is COCCn1nc(C)c(NC(=O)C(=O)Nc2cc(C(C)(C)C)nn2-c2ccccn2)c1C. The topological polar surface area (TPSA) is 116 Å². The number of hydrogen-bond donors (Lipinski definition) is 2. The third kappa shape index (κ3) is 5.02. The third-order valence-corrected chi connectivity index (χ3v) is 4.92. The van der Waals surface area contributed by atoms with Crippen molar-refractivity contribution in [3.8, 4) is 5.82 Å². The molecule has 10 heteroatoms. The first-order valence-electron chi connectivity index (χ1n) is 10.3. The zero-order chi connectivity index (χ0) is 23.5. The van der Waals surface area contributed by atoms with Crippen LogP contribution >= 0.6 is 0 Å². The molecule has 0 saturated carbocycles. The fourth-order valence-electron chi connectivity index (χ4n) is 3.11. The highest BCUT2D eigenvalue weighted by atomic mass is 16.5. The maximum atomic E-state index is 12.7. The molecule has 10 nitrogen and oxygen atoms in total. The van der Waals surface area contributed by atoms with Gasteiger partial charge in [0.1, 0.15) is 5.82 Å². The Balaban J connectivity index is 1.82. The van der Waals surface area contributed by atoms with Gasteiger partial charge in [-0.05, 0) is 26.0 Å². The predicted molar refractivity (Wildman–Crippen MR) is 121 cm³/mol. The second-order valence-electron chi connectivity index (χ2n) is 8.43. The fourth-order valence-corrected chi connectivity index (χ4v) is 3.11. The number of methoxy groups -OCH3 is 1. The number of carbonyl (C=O) groups excluding carboxylic acids is 2. The molecule has 3 aromatic rings. The summed E-state index contributed by atoms with van der Waals surface area (Å²) in [5.41, 5.74) is 2.37. The number of ether oxygens (including phenoxy) is 1. The van der Waals surface area contributed by atoms with Gasteiger partial charge >= 0.3 is 11.8 Å². The minimum absolute atomic E-state index is 0.257. The van der Waals surface area contributed by atoms with Crippen molar-refractivity contribution in [2.24, 2.45) is 0 Å². The standard InChI is InChI=1S/C22H29N7O3/c1-14-19(15(2)28(26-14)11-12-32-6)25-21(31)20(30)24-18-13-16(22(3,4)5)27-29(18)17-9-7-8-10-23-17/h7-10,13H,11-12H2,1-6H3,(H,24,30)(H,25,31). The Morgan fingerprint density at radius 3 is 2.44 bits per heavy atom. The zero-order valence-electron chi connectivity index (χ0n) is 19.3. The van der Waals surface area contributed by atoms with Crippen LogP contribution in [0.4, 0.5) is 11.5 Å². The molecule has 3 aromatic heterocycles. The minimum Gasteiger partial charge on any atom is -0.383 e. The first kappa shape index (κ1) is 23.1. The van der Waals surface area contributed by atoms with Crippen LogP contribution in [-0.2, 0) is 26.3 Å². The van der Waals surface area contributed by atoms with Crippen molar-refractivity contribution in [1.82, 2.24) is 24.5 Å². The number of pyridine rings is 1. The van der Waals surface area contributed by atoms with Crippen LogP contribution in [0.25, 0.3) is 5.82 Å². The van der Waals surface area contributed by atoms with Gasteiger partial charge in [0.25, 0.3) is 0 Å². The molecular formula is C22H29N7O3. The van der Waals surface area contributed by atoms with Gasteiger partial charge in [-0.2, -0.15) is 14.9 Å². The Morgan fingerprint density at radius 1 is 1.09 bits per heavy atom. The van der Waals surface area contributed by atoms with Gasteiger partial charge in [0.2, 0.25) is 0 Å². The number of rotatable bonds is 6. The largest absolute Gasteiger partial charge is 0.383 e. The summed E-state index contributed by atoms with van der Waals surface area (Å²) >= 11 is 0. The Hall–Kier alpha value is -3.53. The van der Waals surface area contributed by atoms with Gasteiger partial charge < -0.3 is 15.4 Å². The van der Waals surface area contributed by atoms with E-state index in [1.807, 2.05) is 33.8 Å². The number of aromatic nitrogens is 5. The second-order valence-corrected chi connectivity index (χ2v) is 8.43. The molecule has 0 spiro atoms. The quantitative estimate of drug-likeness (QED) is 0.571. The number of amides is 2. The molecule has 32 heavy (non-hydrogen) atoms. The molecular weight excluding hydrogens is 410 g/mol. The summed E-state index contributed by atoms with van der Waals surface area (Å²) in [4.78, 5) is 29.7. The smallest absolute Gasteiger partial charge is 0.315 e. The molecule has 0 aromatic carbocycles. The van der Waals surface area contributed by atoms with E-state index in [2.05, 4.69) is 25.8 Å². The Kier molecular flexibility index (Phi) is 6.73. The van der Waals surface area contributed by atoms with Crippen LogP contribution in [-0.4, -0.2) is 50.1 Å². The Labute approximate surface area is 187 Å². The summed E-state index contributed by atoms with van der Waals surface area (Å²) in [7, 11) is 1.61. The van der Waals surface area contributed by atoms with Gasteiger partial charge in [0, 0.05) is 24.8 Å². The van der Waals surface area contributed by atoms with E-state index < -0.39 is 11.8 Å². The Morgan fingerprint density at radius 2 is 1.81 bits per heavy atom. The van der Waals surface area contributed by atoms with E-state index >= 15 is 0 Å². The molecule has 0 unspecified atom stereocenters. The van der Waals surface area contributed by atoms with Gasteiger partial charge in [-0.3, -0.25) is 14.3 Å². The van der Waals surface area contributed by atoms with Gasteiger partial charge in [0.05, 0.1) is 35.9 Å². The molecule has 0 atom stereocenters. The fraction of sp³-hybridized carbons (Fsp3) is 0.409. The number of nitrogens with one attached hydrogen (secondary N) is 2. The number of hydrogen-bond acceptors (Lipinski definition) is 6. The van der Waals surface area contributed by atoms with Gasteiger partial charge in [0.15, 0.2) is 5.82 Å². The van der Waals surface area contributed by atoms with E-state index in [1.165, 1.54) is 4.68 Å². The van der Waals surface area contributed by atoms with Crippen LogP contribution in [0, 0.1) is 13.8 Å². The maximum absolute atomic E-state index is 12.7. The lowest BCUT2D eigenvalue weighted by molar-refractivity contribution is -0.133. The molecule has 0 aliphatic heterocycles. The minimum atomic E-state index is -0.814. The lowest BCUT2D eigenvalue weighted by Crippen LogP contribution is -2.30. The molecule has 0 saturated heterocycles. The number of nitrogens with zero attached hydrogens (tertiary/aromatic N) is 5. The molecule has 0 aliphatic rings. The highest BCUT2D eigenvalue weighted by molar-refractivity contribution is 6.43. The van der Waals surface area contributed by atoms with Crippen molar-refractivity contribution >= 4 is 23.3 Å². The van der Waals surface area contributed by atoms with Crippen molar-refractivity contribution in [1.29, 1.82) is 0 Å². The highest BCUT2D eigenvalue weighted by Crippen LogP contribution is 2.26. The summed E-state index contributed by atoms with van der Waals surface area (Å²) < 4.78 is 8.34. The highest BCUT2D eigenvalue weighted by Gasteiger charge is 2.24. The van der Waals surface area contributed by atoms with Crippen molar-refractivity contribution < 1.29 is 14.3 Å². The lowest BCUT2D eigenvalue weighted by Gasteiger charge is -2.13. The number of carbonyl (C=O) groups is 2. The molecule has 0 bridgehead atoms. The first-order chi connectivity index (χ1) is 15.1. The van der Waals surface area contributed by atoms with Crippen LogP contribution in [0.3, 0.4) is 0 Å². The Bertz CT molecular complexity index is 1110. The maximum Gasteiger partial charge on any atom is 0.315 e. The number of anilines is 2. The molecule has 3 rings (SSSR count). The average molecular weight is 440 g/mol. The summed E-state index contributed by atoms with van der Waals surface area (Å²) in [6.45, 7) is 10.7. The van der Waals surface area contributed by atoms with E-state index in [9.17, 15) is 9.59 Å². The van der Waals surface area contributed by atoms with Crippen molar-refractivity contribution in [2.75, 3.05) is 24.4 Å². The molecule has 0 radical (unpaired) electrons. The van der Waals surface area contributed by atoms with Crippen LogP contribution in [0.15, 0.2) is 30.5 Å². The van der Waals surface area contributed by atoms with Crippen LogP contribution < -0.4 is 10.6 Å². The zero-order valence-corrected chi connectivity index (χ0v) is 19.3. The summed E-state index contributed by atoms with van der Waals surface area (Å²) in [5.74, 6) is -0.720.